The highest BCUT2D eigenvalue weighted by atomic mass is 16.1. The Balaban J connectivity index is 1.59. The third-order valence-corrected chi connectivity index (χ3v) is 7.47. The zero-order valence-corrected chi connectivity index (χ0v) is 12.6. The predicted molar refractivity (Wildman–Crippen MR) is 77.1 cm³/mol. The van der Waals surface area contributed by atoms with Crippen LogP contribution in [0.15, 0.2) is 0 Å². The van der Waals surface area contributed by atoms with Crippen LogP contribution in [0.3, 0.4) is 0 Å². The first-order chi connectivity index (χ1) is 9.59. The lowest BCUT2D eigenvalue weighted by Crippen LogP contribution is -2.48. The molecule has 0 aromatic heterocycles. The molecule has 0 spiro atoms. The van der Waals surface area contributed by atoms with Crippen LogP contribution in [0.4, 0.5) is 0 Å². The van der Waals surface area contributed by atoms with Crippen molar-refractivity contribution in [3.8, 4) is 0 Å². The Morgan fingerprint density at radius 1 is 0.900 bits per heavy atom. The topological polar surface area (TPSA) is 34.1 Å². The molecule has 4 aliphatic rings. The maximum absolute atomic E-state index is 12.3. The maximum Gasteiger partial charge on any atom is 0.139 e. The van der Waals surface area contributed by atoms with Gasteiger partial charge in [-0.25, -0.2) is 0 Å². The van der Waals surface area contributed by atoms with Crippen LogP contribution in [-0.2, 0) is 9.59 Å². The van der Waals surface area contributed by atoms with Crippen molar-refractivity contribution in [2.24, 2.45) is 35.0 Å². The Morgan fingerprint density at radius 3 is 2.60 bits per heavy atom. The second-order valence-electron chi connectivity index (χ2n) is 8.13. The minimum absolute atomic E-state index is 0.0124. The van der Waals surface area contributed by atoms with Crippen molar-refractivity contribution < 1.29 is 9.59 Å². The summed E-state index contributed by atoms with van der Waals surface area (Å²) in [7, 11) is 0. The van der Waals surface area contributed by atoms with Crippen LogP contribution >= 0.6 is 0 Å². The Bertz CT molecular complexity index is 454. The summed E-state index contributed by atoms with van der Waals surface area (Å²) >= 11 is 0. The van der Waals surface area contributed by atoms with Gasteiger partial charge < -0.3 is 0 Å². The first-order valence-electron chi connectivity index (χ1n) is 8.64. The fourth-order valence-corrected chi connectivity index (χ4v) is 6.43. The van der Waals surface area contributed by atoms with Gasteiger partial charge in [-0.2, -0.15) is 0 Å². The number of rotatable bonds is 0. The van der Waals surface area contributed by atoms with Crippen LogP contribution < -0.4 is 0 Å². The van der Waals surface area contributed by atoms with Gasteiger partial charge >= 0.3 is 0 Å². The first-order valence-corrected chi connectivity index (χ1v) is 8.64. The monoisotopic (exact) mass is 274 g/mol. The molecule has 4 aliphatic carbocycles. The van der Waals surface area contributed by atoms with Crippen molar-refractivity contribution in [3.05, 3.63) is 0 Å². The number of ketones is 2. The molecule has 110 valence electrons. The van der Waals surface area contributed by atoms with Crippen molar-refractivity contribution in [3.63, 3.8) is 0 Å². The molecule has 0 radical (unpaired) electrons. The minimum atomic E-state index is 0.0124. The zero-order chi connectivity index (χ0) is 13.9. The van der Waals surface area contributed by atoms with E-state index in [0.717, 1.165) is 56.3 Å². The number of hydrogen-bond acceptors (Lipinski definition) is 2. The molecule has 0 amide bonds. The lowest BCUT2D eigenvalue weighted by molar-refractivity contribution is -0.134. The van der Waals surface area contributed by atoms with Gasteiger partial charge in [-0.1, -0.05) is 6.92 Å². The lowest BCUT2D eigenvalue weighted by Gasteiger charge is -2.53. The summed E-state index contributed by atoms with van der Waals surface area (Å²) in [6, 6.07) is 0. The van der Waals surface area contributed by atoms with Crippen molar-refractivity contribution >= 4 is 11.6 Å². The maximum atomic E-state index is 12.3. The SMILES string of the molecule is C[C@]12CC[C@@H]3[C@@H]4CCC(=O)C[C@@H]4CC[C@H]3[C@@H]1CCC2=O. The van der Waals surface area contributed by atoms with E-state index in [4.69, 9.17) is 0 Å². The van der Waals surface area contributed by atoms with Gasteiger partial charge in [-0.15, -0.1) is 0 Å². The molecule has 20 heavy (non-hydrogen) atoms. The van der Waals surface area contributed by atoms with Crippen LogP contribution in [0.25, 0.3) is 0 Å². The van der Waals surface area contributed by atoms with Crippen molar-refractivity contribution in [2.75, 3.05) is 0 Å². The Morgan fingerprint density at radius 2 is 1.75 bits per heavy atom. The molecule has 0 unspecified atom stereocenters. The van der Waals surface area contributed by atoms with E-state index < -0.39 is 0 Å². The van der Waals surface area contributed by atoms with Crippen molar-refractivity contribution in [2.45, 2.75) is 64.7 Å². The van der Waals surface area contributed by atoms with E-state index in [-0.39, 0.29) is 5.41 Å². The van der Waals surface area contributed by atoms with Crippen LogP contribution in [0, 0.1) is 35.0 Å². The van der Waals surface area contributed by atoms with E-state index in [1.807, 2.05) is 0 Å². The number of fused-ring (bicyclic) bond motifs is 5. The summed E-state index contributed by atoms with van der Waals surface area (Å²) in [5, 5.41) is 0. The molecule has 0 aliphatic heterocycles. The van der Waals surface area contributed by atoms with Crippen LogP contribution in [-0.4, -0.2) is 11.6 Å². The summed E-state index contributed by atoms with van der Waals surface area (Å²) < 4.78 is 0. The second-order valence-corrected chi connectivity index (χ2v) is 8.13. The molecular weight excluding hydrogens is 248 g/mol. The molecule has 0 heterocycles. The molecule has 4 saturated carbocycles. The summed E-state index contributed by atoms with van der Waals surface area (Å²) in [6.07, 6.45) is 9.70. The molecule has 0 aromatic carbocycles. The van der Waals surface area contributed by atoms with Gasteiger partial charge in [0, 0.05) is 24.7 Å². The smallest absolute Gasteiger partial charge is 0.139 e. The fraction of sp³-hybridized carbons (Fsp3) is 0.889. The van der Waals surface area contributed by atoms with Gasteiger partial charge in [0.25, 0.3) is 0 Å². The van der Waals surface area contributed by atoms with E-state index in [0.29, 0.717) is 23.4 Å². The fourth-order valence-electron chi connectivity index (χ4n) is 6.43. The molecule has 2 nitrogen and oxygen atoms in total. The van der Waals surface area contributed by atoms with Gasteiger partial charge in [0.15, 0.2) is 0 Å². The Hall–Kier alpha value is -0.660. The van der Waals surface area contributed by atoms with E-state index in [1.54, 1.807) is 0 Å². The van der Waals surface area contributed by atoms with E-state index in [2.05, 4.69) is 6.92 Å². The lowest BCUT2D eigenvalue weighted by atomic mass is 9.50. The van der Waals surface area contributed by atoms with Gasteiger partial charge in [0.05, 0.1) is 0 Å². The third kappa shape index (κ3) is 1.69. The normalized spacial score (nSPS) is 51.4. The van der Waals surface area contributed by atoms with E-state index in [1.165, 1.54) is 19.3 Å². The highest BCUT2D eigenvalue weighted by molar-refractivity contribution is 5.87. The van der Waals surface area contributed by atoms with E-state index >= 15 is 0 Å². The number of carbonyl (C=O) groups is 2. The van der Waals surface area contributed by atoms with Gasteiger partial charge in [0.1, 0.15) is 11.6 Å². The summed E-state index contributed by atoms with van der Waals surface area (Å²) in [5.74, 6) is 4.79. The summed E-state index contributed by atoms with van der Waals surface area (Å²) in [6.45, 7) is 2.25. The molecule has 0 saturated heterocycles. The van der Waals surface area contributed by atoms with E-state index in [9.17, 15) is 9.59 Å². The number of Topliss-reactive ketones (excluding diaryl/α,β-unsaturated/α-hetero) is 2. The molecule has 4 fully saturated rings. The standard InChI is InChI=1S/C18H26O2/c1-18-9-8-14-13-5-3-12(19)10-11(13)2-4-15(14)16(18)6-7-17(18)20/h11,13-16H,2-10H2,1H3/t11-,13+,14+,15+,16-,18-/m0/s1. The second kappa shape index (κ2) is 4.42. The van der Waals surface area contributed by atoms with Gasteiger partial charge in [0.2, 0.25) is 0 Å². The summed E-state index contributed by atoms with van der Waals surface area (Å²) in [5.41, 5.74) is 0.0124. The molecule has 2 heteroatoms. The highest BCUT2D eigenvalue weighted by Crippen LogP contribution is 2.61. The quantitative estimate of drug-likeness (QED) is 0.673. The first kappa shape index (κ1) is 13.0. The average Bonchev–Trinajstić information content (AvgIpc) is 2.74. The zero-order valence-electron chi connectivity index (χ0n) is 12.6. The molecule has 6 atom stereocenters. The predicted octanol–water partition coefficient (Wildman–Crippen LogP) is 3.78. The van der Waals surface area contributed by atoms with Crippen molar-refractivity contribution in [1.82, 2.24) is 0 Å². The average molecular weight is 274 g/mol. The van der Waals surface area contributed by atoms with Gasteiger partial charge in [-0.3, -0.25) is 9.59 Å². The largest absolute Gasteiger partial charge is 0.300 e. The minimum Gasteiger partial charge on any atom is -0.300 e. The summed E-state index contributed by atoms with van der Waals surface area (Å²) in [4.78, 5) is 24.0. The number of hydrogen-bond donors (Lipinski definition) is 0. The number of carbonyl (C=O) groups excluding carboxylic acids is 2. The van der Waals surface area contributed by atoms with Crippen molar-refractivity contribution in [1.29, 1.82) is 0 Å². The third-order valence-electron chi connectivity index (χ3n) is 7.47. The van der Waals surface area contributed by atoms with Gasteiger partial charge in [-0.05, 0) is 68.1 Å². The molecule has 0 bridgehead atoms. The van der Waals surface area contributed by atoms with Crippen LogP contribution in [0.1, 0.15) is 64.7 Å². The molecular formula is C18H26O2. The van der Waals surface area contributed by atoms with Crippen LogP contribution in [0.5, 0.6) is 0 Å². The molecule has 4 rings (SSSR count). The van der Waals surface area contributed by atoms with Crippen LogP contribution in [0.2, 0.25) is 0 Å². The Kier molecular flexibility index (Phi) is 2.88. The molecule has 0 aromatic rings. The Labute approximate surface area is 121 Å². The highest BCUT2D eigenvalue weighted by Gasteiger charge is 2.56. The molecule has 0 N–H and O–H groups in total.